The normalized spacial score (nSPS) is 18.9. The molecular weight excluding hydrogens is 198 g/mol. The Kier molecular flexibility index (Phi) is 2.11. The van der Waals surface area contributed by atoms with Gasteiger partial charge in [-0.15, -0.1) is 0 Å². The maximum absolute atomic E-state index is 11.6. The van der Waals surface area contributed by atoms with Crippen LogP contribution in [-0.4, -0.2) is 35.7 Å². The molecule has 0 saturated carbocycles. The molecule has 2 amide bonds. The molecule has 0 bridgehead atoms. The number of alkyl carbamates (subject to hydrolysis) is 1. The molecule has 1 aromatic heterocycles. The highest BCUT2D eigenvalue weighted by Crippen LogP contribution is 2.28. The highest BCUT2D eigenvalue weighted by molar-refractivity contribution is 5.81. The summed E-state index contributed by atoms with van der Waals surface area (Å²) < 4.78 is 6.51. The van der Waals surface area contributed by atoms with Crippen LogP contribution in [-0.2, 0) is 4.74 Å². The highest BCUT2D eigenvalue weighted by Gasteiger charge is 2.36. The number of hydrogen-bond donors (Lipinski definition) is 1. The van der Waals surface area contributed by atoms with Crippen molar-refractivity contribution in [2.24, 2.45) is 0 Å². The number of hydrogen-bond acceptors (Lipinski definition) is 3. The van der Waals surface area contributed by atoms with E-state index in [0.717, 1.165) is 0 Å². The number of fused-ring (bicyclic) bond motifs is 1. The van der Waals surface area contributed by atoms with E-state index in [1.807, 2.05) is 0 Å². The van der Waals surface area contributed by atoms with Crippen molar-refractivity contribution in [2.45, 2.75) is 6.23 Å². The minimum Gasteiger partial charge on any atom is -0.419 e. The lowest BCUT2D eigenvalue weighted by Crippen LogP contribution is -2.30. The lowest BCUT2D eigenvalue weighted by molar-refractivity contribution is 0.0323. The van der Waals surface area contributed by atoms with E-state index in [1.165, 1.54) is 16.5 Å². The van der Waals surface area contributed by atoms with E-state index in [-0.39, 0.29) is 6.03 Å². The van der Waals surface area contributed by atoms with Crippen LogP contribution in [0.1, 0.15) is 11.9 Å². The minimum atomic E-state index is -0.646. The van der Waals surface area contributed by atoms with Crippen molar-refractivity contribution in [1.29, 1.82) is 0 Å². The molecule has 15 heavy (non-hydrogen) atoms. The van der Waals surface area contributed by atoms with Gasteiger partial charge in [-0.1, -0.05) is 0 Å². The summed E-state index contributed by atoms with van der Waals surface area (Å²) in [5, 5.41) is 2.34. The van der Waals surface area contributed by atoms with Crippen molar-refractivity contribution < 1.29 is 14.3 Å². The number of carbonyl (C=O) groups is 2. The number of carbonyl (C=O) groups excluding carboxylic acids is 2. The van der Waals surface area contributed by atoms with Gasteiger partial charge >= 0.3 is 12.1 Å². The molecule has 1 N–H and O–H groups in total. The minimum absolute atomic E-state index is 0.205. The Morgan fingerprint density at radius 3 is 3.00 bits per heavy atom. The largest absolute Gasteiger partial charge is 0.419 e. The summed E-state index contributed by atoms with van der Waals surface area (Å²) in [4.78, 5) is 24.1. The Hall–Kier alpha value is -1.98. The molecule has 1 aromatic rings. The zero-order valence-corrected chi connectivity index (χ0v) is 8.43. The predicted octanol–water partition coefficient (Wildman–Crippen LogP) is 0.756. The molecule has 0 radical (unpaired) electrons. The molecule has 0 spiro atoms. The van der Waals surface area contributed by atoms with E-state index >= 15 is 0 Å². The Morgan fingerprint density at radius 2 is 2.33 bits per heavy atom. The number of rotatable bonds is 1. The Labute approximate surface area is 86.4 Å². The molecule has 2 heterocycles. The number of ether oxygens (including phenoxy) is 1. The van der Waals surface area contributed by atoms with E-state index in [1.54, 1.807) is 25.4 Å². The van der Waals surface area contributed by atoms with Crippen molar-refractivity contribution in [3.63, 3.8) is 0 Å². The van der Waals surface area contributed by atoms with Crippen LogP contribution < -0.4 is 5.32 Å². The number of amides is 2. The third-order valence-corrected chi connectivity index (χ3v) is 2.32. The molecule has 6 heteroatoms. The average molecular weight is 209 g/mol. The van der Waals surface area contributed by atoms with E-state index in [9.17, 15) is 9.59 Å². The first kappa shape index (κ1) is 9.57. The Balaban J connectivity index is 2.27. The van der Waals surface area contributed by atoms with Gasteiger partial charge in [-0.05, 0) is 12.1 Å². The van der Waals surface area contributed by atoms with E-state index in [2.05, 4.69) is 5.32 Å². The van der Waals surface area contributed by atoms with E-state index < -0.39 is 12.3 Å². The second-order valence-electron chi connectivity index (χ2n) is 3.20. The van der Waals surface area contributed by atoms with Crippen molar-refractivity contribution >= 4 is 12.1 Å². The summed E-state index contributed by atoms with van der Waals surface area (Å²) in [6, 6.07) is 3.28. The average Bonchev–Trinajstić information content (AvgIpc) is 2.78. The maximum Gasteiger partial charge on any atom is 0.409 e. The Bertz CT molecular complexity index is 412. The van der Waals surface area contributed by atoms with Gasteiger partial charge in [-0.2, -0.15) is 0 Å². The lowest BCUT2D eigenvalue weighted by Gasteiger charge is -2.18. The fourth-order valence-corrected chi connectivity index (χ4v) is 1.54. The summed E-state index contributed by atoms with van der Waals surface area (Å²) >= 11 is 0. The van der Waals surface area contributed by atoms with Crippen LogP contribution in [0.3, 0.4) is 0 Å². The van der Waals surface area contributed by atoms with Crippen molar-refractivity contribution in [3.8, 4) is 0 Å². The van der Waals surface area contributed by atoms with Gasteiger partial charge in [0.2, 0.25) is 6.23 Å². The van der Waals surface area contributed by atoms with Gasteiger partial charge in [0.05, 0.1) is 5.69 Å². The molecular formula is C9H11N3O3. The third kappa shape index (κ3) is 1.34. The summed E-state index contributed by atoms with van der Waals surface area (Å²) in [5.41, 5.74) is 0.658. The van der Waals surface area contributed by atoms with Gasteiger partial charge in [0.15, 0.2) is 0 Å². The highest BCUT2D eigenvalue weighted by atomic mass is 16.6. The summed E-state index contributed by atoms with van der Waals surface area (Å²) in [5.74, 6) is 0. The quantitative estimate of drug-likeness (QED) is 0.742. The predicted molar refractivity (Wildman–Crippen MR) is 51.3 cm³/mol. The van der Waals surface area contributed by atoms with Crippen molar-refractivity contribution in [3.05, 3.63) is 24.0 Å². The van der Waals surface area contributed by atoms with Gasteiger partial charge in [-0.3, -0.25) is 9.47 Å². The maximum atomic E-state index is 11.6. The van der Waals surface area contributed by atoms with Crippen molar-refractivity contribution in [2.75, 3.05) is 14.1 Å². The third-order valence-electron chi connectivity index (χ3n) is 2.32. The molecule has 0 aromatic carbocycles. The fourth-order valence-electron chi connectivity index (χ4n) is 1.54. The molecule has 0 aliphatic carbocycles. The monoisotopic (exact) mass is 209 g/mol. The van der Waals surface area contributed by atoms with Crippen LogP contribution in [0.15, 0.2) is 18.3 Å². The first-order valence-electron chi connectivity index (χ1n) is 4.48. The van der Waals surface area contributed by atoms with Crippen LogP contribution in [0.2, 0.25) is 0 Å². The molecule has 1 aliphatic rings. The van der Waals surface area contributed by atoms with Crippen LogP contribution in [0.5, 0.6) is 0 Å². The molecule has 80 valence electrons. The number of nitrogens with one attached hydrogen (secondary N) is 1. The second kappa shape index (κ2) is 3.30. The van der Waals surface area contributed by atoms with Gasteiger partial charge < -0.3 is 10.1 Å². The number of aromatic nitrogens is 1. The first-order valence-corrected chi connectivity index (χ1v) is 4.48. The SMILES string of the molecule is CNC(=O)O[C@@H]1c2cccn2C(=O)N1C. The zero-order chi connectivity index (χ0) is 11.0. The number of nitrogens with zero attached hydrogens (tertiary/aromatic N) is 2. The summed E-state index contributed by atoms with van der Waals surface area (Å²) in [7, 11) is 3.06. The molecule has 0 unspecified atom stereocenters. The van der Waals surface area contributed by atoms with Crippen LogP contribution in [0.4, 0.5) is 9.59 Å². The molecule has 2 rings (SSSR count). The van der Waals surface area contributed by atoms with Gasteiger partial charge in [-0.25, -0.2) is 9.59 Å². The topological polar surface area (TPSA) is 63.6 Å². The van der Waals surface area contributed by atoms with Gasteiger partial charge in [0, 0.05) is 20.3 Å². The smallest absolute Gasteiger partial charge is 0.409 e. The van der Waals surface area contributed by atoms with E-state index in [0.29, 0.717) is 5.69 Å². The molecule has 1 atom stereocenters. The first-order chi connectivity index (χ1) is 7.15. The molecule has 0 saturated heterocycles. The second-order valence-corrected chi connectivity index (χ2v) is 3.20. The molecule has 0 fully saturated rings. The van der Waals surface area contributed by atoms with Gasteiger partial charge in [0.25, 0.3) is 0 Å². The standard InChI is InChI=1S/C9H11N3O3/c1-10-8(13)15-7-6-4-3-5-12(6)9(14)11(7)2/h3-5,7H,1-2H3,(H,10,13)/t7-/m1/s1. The Morgan fingerprint density at radius 1 is 1.60 bits per heavy atom. The van der Waals surface area contributed by atoms with Gasteiger partial charge in [0.1, 0.15) is 0 Å². The molecule has 1 aliphatic heterocycles. The zero-order valence-electron chi connectivity index (χ0n) is 8.43. The molecule has 6 nitrogen and oxygen atoms in total. The summed E-state index contributed by atoms with van der Waals surface area (Å²) in [6.07, 6.45) is 0.434. The van der Waals surface area contributed by atoms with Crippen molar-refractivity contribution in [1.82, 2.24) is 14.8 Å². The summed E-state index contributed by atoms with van der Waals surface area (Å²) in [6.45, 7) is 0. The van der Waals surface area contributed by atoms with Crippen LogP contribution >= 0.6 is 0 Å². The lowest BCUT2D eigenvalue weighted by atomic mass is 10.4. The van der Waals surface area contributed by atoms with Crippen LogP contribution in [0, 0.1) is 0 Å². The fraction of sp³-hybridized carbons (Fsp3) is 0.333. The van der Waals surface area contributed by atoms with E-state index in [4.69, 9.17) is 4.74 Å². The van der Waals surface area contributed by atoms with Crippen LogP contribution in [0.25, 0.3) is 0 Å².